The quantitative estimate of drug-likeness (QED) is 0.706. The lowest BCUT2D eigenvalue weighted by Crippen LogP contribution is -2.21. The van der Waals surface area contributed by atoms with Gasteiger partial charge in [-0.05, 0) is 62.6 Å². The first-order valence-corrected chi connectivity index (χ1v) is 8.66. The number of methoxy groups -OCH3 is 1. The van der Waals surface area contributed by atoms with Crippen LogP contribution in [0.4, 0.5) is 0 Å². The molecule has 2 aromatic rings. The summed E-state index contributed by atoms with van der Waals surface area (Å²) in [6.45, 7) is 4.18. The lowest BCUT2D eigenvalue weighted by Gasteiger charge is -2.18. The largest absolute Gasteiger partial charge is 0.490 e. The summed E-state index contributed by atoms with van der Waals surface area (Å²) < 4.78 is 11.6. The predicted molar refractivity (Wildman–Crippen MR) is 91.4 cm³/mol. The zero-order valence-electron chi connectivity index (χ0n) is 12.3. The maximum atomic E-state index is 5.67. The van der Waals surface area contributed by atoms with Gasteiger partial charge in [-0.25, -0.2) is 0 Å². The molecule has 2 rings (SSSR count). The van der Waals surface area contributed by atoms with E-state index in [9.17, 15) is 0 Å². The van der Waals surface area contributed by atoms with Crippen molar-refractivity contribution < 1.29 is 9.47 Å². The van der Waals surface area contributed by atoms with Crippen molar-refractivity contribution in [2.45, 2.75) is 13.0 Å². The van der Waals surface area contributed by atoms with E-state index in [0.29, 0.717) is 13.2 Å². The van der Waals surface area contributed by atoms with Gasteiger partial charge in [-0.2, -0.15) is 11.3 Å². The molecule has 0 amide bonds. The standard InChI is InChI=1S/C16H20BrNO2S/c1-3-18-16(13-6-9-21-11-13)12-4-5-15(14(17)10-12)20-8-7-19-2/h4-6,9-11,16,18H,3,7-8H2,1-2H3. The minimum Gasteiger partial charge on any atom is -0.490 e. The second-order valence-corrected chi connectivity index (χ2v) is 6.21. The molecule has 1 N–H and O–H groups in total. The summed E-state index contributed by atoms with van der Waals surface area (Å²) in [5.41, 5.74) is 2.52. The van der Waals surface area contributed by atoms with Crippen molar-refractivity contribution >= 4 is 27.3 Å². The van der Waals surface area contributed by atoms with E-state index < -0.39 is 0 Å². The van der Waals surface area contributed by atoms with Gasteiger partial charge in [0.05, 0.1) is 17.1 Å². The Morgan fingerprint density at radius 3 is 2.71 bits per heavy atom. The van der Waals surface area contributed by atoms with E-state index in [4.69, 9.17) is 9.47 Å². The van der Waals surface area contributed by atoms with Gasteiger partial charge in [0, 0.05) is 7.11 Å². The van der Waals surface area contributed by atoms with E-state index in [0.717, 1.165) is 16.8 Å². The van der Waals surface area contributed by atoms with Crippen molar-refractivity contribution in [2.24, 2.45) is 0 Å². The van der Waals surface area contributed by atoms with Crippen LogP contribution in [-0.4, -0.2) is 26.9 Å². The maximum Gasteiger partial charge on any atom is 0.133 e. The molecular weight excluding hydrogens is 350 g/mol. The van der Waals surface area contributed by atoms with Gasteiger partial charge < -0.3 is 14.8 Å². The number of nitrogens with one attached hydrogen (secondary N) is 1. The summed E-state index contributed by atoms with van der Waals surface area (Å²) in [6.07, 6.45) is 0. The number of halogens is 1. The highest BCUT2D eigenvalue weighted by Crippen LogP contribution is 2.31. The monoisotopic (exact) mass is 369 g/mol. The Balaban J connectivity index is 2.16. The van der Waals surface area contributed by atoms with Crippen LogP contribution in [0.3, 0.4) is 0 Å². The van der Waals surface area contributed by atoms with Gasteiger partial charge in [-0.3, -0.25) is 0 Å². The second kappa shape index (κ2) is 8.54. The van der Waals surface area contributed by atoms with Crippen molar-refractivity contribution in [1.29, 1.82) is 0 Å². The third-order valence-electron chi connectivity index (χ3n) is 3.12. The first-order valence-electron chi connectivity index (χ1n) is 6.93. The van der Waals surface area contributed by atoms with Crippen LogP contribution in [0.25, 0.3) is 0 Å². The van der Waals surface area contributed by atoms with Gasteiger partial charge in [0.1, 0.15) is 12.4 Å². The molecule has 0 radical (unpaired) electrons. The molecule has 1 heterocycles. The highest BCUT2D eigenvalue weighted by atomic mass is 79.9. The van der Waals surface area contributed by atoms with Crippen LogP contribution in [0.1, 0.15) is 24.1 Å². The molecule has 21 heavy (non-hydrogen) atoms. The average molecular weight is 370 g/mol. The maximum absolute atomic E-state index is 5.67. The van der Waals surface area contributed by atoms with Gasteiger partial charge in [-0.15, -0.1) is 0 Å². The summed E-state index contributed by atoms with van der Waals surface area (Å²) >= 11 is 5.31. The molecule has 0 aliphatic carbocycles. The van der Waals surface area contributed by atoms with Gasteiger partial charge in [0.25, 0.3) is 0 Å². The highest BCUT2D eigenvalue weighted by Gasteiger charge is 2.15. The van der Waals surface area contributed by atoms with E-state index in [-0.39, 0.29) is 6.04 Å². The Morgan fingerprint density at radius 2 is 2.10 bits per heavy atom. The van der Waals surface area contributed by atoms with E-state index in [2.05, 4.69) is 57.1 Å². The van der Waals surface area contributed by atoms with E-state index in [1.807, 2.05) is 6.07 Å². The predicted octanol–water partition coefficient (Wildman–Crippen LogP) is 4.23. The Hall–Kier alpha value is -0.880. The fourth-order valence-corrected chi connectivity index (χ4v) is 3.32. The first-order chi connectivity index (χ1) is 10.3. The Bertz CT molecular complexity index is 545. The Morgan fingerprint density at radius 1 is 1.24 bits per heavy atom. The van der Waals surface area contributed by atoms with Crippen molar-refractivity contribution in [3.63, 3.8) is 0 Å². The van der Waals surface area contributed by atoms with E-state index in [1.165, 1.54) is 11.1 Å². The number of benzene rings is 1. The molecule has 0 aliphatic heterocycles. The molecule has 1 atom stereocenters. The van der Waals surface area contributed by atoms with Crippen LogP contribution in [0, 0.1) is 0 Å². The Kier molecular flexibility index (Phi) is 6.70. The fourth-order valence-electron chi connectivity index (χ4n) is 2.12. The lowest BCUT2D eigenvalue weighted by molar-refractivity contribution is 0.146. The van der Waals surface area contributed by atoms with Gasteiger partial charge in [-0.1, -0.05) is 13.0 Å². The van der Waals surface area contributed by atoms with Crippen molar-refractivity contribution in [1.82, 2.24) is 5.32 Å². The molecule has 0 saturated carbocycles. The molecule has 3 nitrogen and oxygen atoms in total. The molecule has 0 spiro atoms. The summed E-state index contributed by atoms with van der Waals surface area (Å²) in [6, 6.07) is 8.61. The number of hydrogen-bond acceptors (Lipinski definition) is 4. The van der Waals surface area contributed by atoms with Crippen molar-refractivity contribution in [3.8, 4) is 5.75 Å². The Labute approximate surface area is 138 Å². The number of thiophene rings is 1. The topological polar surface area (TPSA) is 30.5 Å². The summed E-state index contributed by atoms with van der Waals surface area (Å²) in [5, 5.41) is 7.82. The fraction of sp³-hybridized carbons (Fsp3) is 0.375. The van der Waals surface area contributed by atoms with Crippen molar-refractivity contribution in [2.75, 3.05) is 26.9 Å². The van der Waals surface area contributed by atoms with Crippen LogP contribution >= 0.6 is 27.3 Å². The molecule has 0 fully saturated rings. The molecule has 1 aromatic carbocycles. The van der Waals surface area contributed by atoms with Gasteiger partial charge in [0.15, 0.2) is 0 Å². The van der Waals surface area contributed by atoms with Crippen molar-refractivity contribution in [3.05, 3.63) is 50.6 Å². The number of hydrogen-bond donors (Lipinski definition) is 1. The molecule has 5 heteroatoms. The SMILES string of the molecule is CCNC(c1ccsc1)c1ccc(OCCOC)c(Br)c1. The van der Waals surface area contributed by atoms with Crippen LogP contribution in [-0.2, 0) is 4.74 Å². The molecule has 114 valence electrons. The number of ether oxygens (including phenoxy) is 2. The molecule has 1 unspecified atom stereocenters. The van der Waals surface area contributed by atoms with E-state index in [1.54, 1.807) is 18.4 Å². The highest BCUT2D eigenvalue weighted by molar-refractivity contribution is 9.10. The third kappa shape index (κ3) is 4.54. The summed E-state index contributed by atoms with van der Waals surface area (Å²) in [4.78, 5) is 0. The normalized spacial score (nSPS) is 12.3. The lowest BCUT2D eigenvalue weighted by atomic mass is 10.0. The number of rotatable bonds is 8. The minimum atomic E-state index is 0.213. The van der Waals surface area contributed by atoms with Gasteiger partial charge in [0.2, 0.25) is 0 Å². The van der Waals surface area contributed by atoms with Gasteiger partial charge >= 0.3 is 0 Å². The first kappa shape index (κ1) is 16.5. The summed E-state index contributed by atoms with van der Waals surface area (Å²) in [5.74, 6) is 0.844. The smallest absolute Gasteiger partial charge is 0.133 e. The average Bonchev–Trinajstić information content (AvgIpc) is 3.00. The third-order valence-corrected chi connectivity index (χ3v) is 4.44. The van der Waals surface area contributed by atoms with Crippen LogP contribution in [0.5, 0.6) is 5.75 Å². The molecule has 0 bridgehead atoms. The van der Waals surface area contributed by atoms with Crippen LogP contribution in [0.2, 0.25) is 0 Å². The second-order valence-electron chi connectivity index (χ2n) is 4.58. The molecule has 1 aromatic heterocycles. The molecule has 0 saturated heterocycles. The van der Waals surface area contributed by atoms with Crippen LogP contribution in [0.15, 0.2) is 39.5 Å². The minimum absolute atomic E-state index is 0.213. The zero-order valence-corrected chi connectivity index (χ0v) is 14.7. The molecule has 0 aliphatic rings. The van der Waals surface area contributed by atoms with Crippen LogP contribution < -0.4 is 10.1 Å². The summed E-state index contributed by atoms with van der Waals surface area (Å²) in [7, 11) is 1.67. The molecular formula is C16H20BrNO2S. The van der Waals surface area contributed by atoms with E-state index >= 15 is 0 Å². The zero-order chi connectivity index (χ0) is 15.1.